The van der Waals surface area contributed by atoms with Gasteiger partial charge in [0.05, 0.1) is 17.2 Å². The van der Waals surface area contributed by atoms with Crippen LogP contribution in [0.25, 0.3) is 0 Å². The average molecular weight is 279 g/mol. The normalized spacial score (nSPS) is 11.4. The third-order valence-corrected chi connectivity index (χ3v) is 4.04. The molecule has 0 N–H and O–H groups in total. The van der Waals surface area contributed by atoms with Gasteiger partial charge in [0.15, 0.2) is 0 Å². The minimum Gasteiger partial charge on any atom is -0.317 e. The van der Waals surface area contributed by atoms with Crippen LogP contribution in [0.4, 0.5) is 0 Å². The van der Waals surface area contributed by atoms with Crippen LogP contribution in [0.5, 0.6) is 0 Å². The first-order valence-electron chi connectivity index (χ1n) is 6.58. The van der Waals surface area contributed by atoms with E-state index in [9.17, 15) is 0 Å². The van der Waals surface area contributed by atoms with Crippen LogP contribution >= 0.6 is 11.3 Å². The predicted molar refractivity (Wildman–Crippen MR) is 77.1 cm³/mol. The largest absolute Gasteiger partial charge is 0.317 e. The Kier molecular flexibility index (Phi) is 4.66. The summed E-state index contributed by atoms with van der Waals surface area (Å²) in [5.41, 5.74) is 1.14. The molecule has 0 aliphatic rings. The van der Waals surface area contributed by atoms with E-state index in [4.69, 9.17) is 0 Å². The first-order chi connectivity index (χ1) is 9.10. The molecular weight excluding hydrogens is 258 g/mol. The van der Waals surface area contributed by atoms with Crippen LogP contribution in [0.3, 0.4) is 0 Å². The predicted octanol–water partition coefficient (Wildman–Crippen LogP) is 2.39. The molecule has 104 valence electrons. The molecule has 0 spiro atoms. The lowest BCUT2D eigenvalue weighted by atomic mass is 10.3. The zero-order valence-corrected chi connectivity index (χ0v) is 12.9. The van der Waals surface area contributed by atoms with Crippen molar-refractivity contribution in [2.24, 2.45) is 0 Å². The lowest BCUT2D eigenvalue weighted by molar-refractivity contribution is 0.306. The highest BCUT2D eigenvalue weighted by Crippen LogP contribution is 2.19. The van der Waals surface area contributed by atoms with E-state index < -0.39 is 0 Å². The van der Waals surface area contributed by atoms with Crippen LogP contribution in [-0.4, -0.2) is 31.7 Å². The van der Waals surface area contributed by atoms with Crippen molar-refractivity contribution in [2.75, 3.05) is 7.05 Å². The van der Waals surface area contributed by atoms with E-state index in [-0.39, 0.29) is 0 Å². The molecule has 19 heavy (non-hydrogen) atoms. The zero-order valence-electron chi connectivity index (χ0n) is 12.1. The summed E-state index contributed by atoms with van der Waals surface area (Å²) in [6, 6.07) is 0. The molecule has 6 heteroatoms. The summed E-state index contributed by atoms with van der Waals surface area (Å²) in [6.07, 6.45) is 2.91. The summed E-state index contributed by atoms with van der Waals surface area (Å²) in [4.78, 5) is 8.06. The number of thiazole rings is 1. The van der Waals surface area contributed by atoms with Gasteiger partial charge in [-0.05, 0) is 27.3 Å². The average Bonchev–Trinajstić information content (AvgIpc) is 2.88. The van der Waals surface area contributed by atoms with Gasteiger partial charge in [-0.25, -0.2) is 4.98 Å². The van der Waals surface area contributed by atoms with E-state index in [1.165, 1.54) is 4.88 Å². The summed E-state index contributed by atoms with van der Waals surface area (Å²) < 4.78 is 2.13. The second-order valence-corrected chi connectivity index (χ2v) is 6.14. The second kappa shape index (κ2) is 6.25. The Morgan fingerprint density at radius 3 is 2.74 bits per heavy atom. The lowest BCUT2D eigenvalue weighted by Crippen LogP contribution is -2.20. The number of aryl methyl sites for hydroxylation is 3. The fourth-order valence-corrected chi connectivity index (χ4v) is 3.11. The van der Waals surface area contributed by atoms with Crippen molar-refractivity contribution in [3.8, 4) is 0 Å². The Balaban J connectivity index is 1.99. The van der Waals surface area contributed by atoms with Crippen LogP contribution in [0.15, 0.2) is 6.33 Å². The molecule has 0 bridgehead atoms. The van der Waals surface area contributed by atoms with Gasteiger partial charge in [0.25, 0.3) is 0 Å². The minimum atomic E-state index is 0.816. The van der Waals surface area contributed by atoms with Crippen molar-refractivity contribution >= 4 is 11.3 Å². The number of hydrogen-bond acceptors (Lipinski definition) is 5. The van der Waals surface area contributed by atoms with Crippen LogP contribution < -0.4 is 0 Å². The molecule has 2 rings (SSSR count). The summed E-state index contributed by atoms with van der Waals surface area (Å²) in [6.45, 7) is 9.00. The Labute approximate surface area is 118 Å². The van der Waals surface area contributed by atoms with Crippen molar-refractivity contribution in [1.82, 2.24) is 24.6 Å². The molecule has 0 saturated carbocycles. The first-order valence-corrected chi connectivity index (χ1v) is 7.40. The third kappa shape index (κ3) is 3.61. The molecule has 0 unspecified atom stereocenters. The quantitative estimate of drug-likeness (QED) is 0.814. The van der Waals surface area contributed by atoms with Gasteiger partial charge >= 0.3 is 0 Å². The van der Waals surface area contributed by atoms with Gasteiger partial charge in [-0.1, -0.05) is 6.92 Å². The summed E-state index contributed by atoms with van der Waals surface area (Å²) in [7, 11) is 2.11. The van der Waals surface area contributed by atoms with E-state index in [0.29, 0.717) is 0 Å². The Morgan fingerprint density at radius 2 is 2.11 bits per heavy atom. The molecule has 2 heterocycles. The molecule has 0 amide bonds. The molecule has 2 aromatic heterocycles. The maximum absolute atomic E-state index is 4.47. The summed E-state index contributed by atoms with van der Waals surface area (Å²) in [5.74, 6) is 1.03. The summed E-state index contributed by atoms with van der Waals surface area (Å²) >= 11 is 1.77. The fraction of sp³-hybridized carbons (Fsp3) is 0.615. The molecule has 0 aliphatic heterocycles. The van der Waals surface area contributed by atoms with Gasteiger partial charge in [-0.3, -0.25) is 4.90 Å². The van der Waals surface area contributed by atoms with Crippen LogP contribution in [0.2, 0.25) is 0 Å². The van der Waals surface area contributed by atoms with Gasteiger partial charge in [0.1, 0.15) is 12.2 Å². The highest BCUT2D eigenvalue weighted by molar-refractivity contribution is 7.11. The van der Waals surface area contributed by atoms with Crippen molar-refractivity contribution in [1.29, 1.82) is 0 Å². The Hall–Kier alpha value is -1.27. The van der Waals surface area contributed by atoms with Crippen LogP contribution in [-0.2, 0) is 19.6 Å². The van der Waals surface area contributed by atoms with Gasteiger partial charge in [0.2, 0.25) is 0 Å². The van der Waals surface area contributed by atoms with Crippen LogP contribution in [0.1, 0.15) is 34.7 Å². The third-order valence-electron chi connectivity index (χ3n) is 2.98. The Morgan fingerprint density at radius 1 is 1.32 bits per heavy atom. The van der Waals surface area contributed by atoms with Gasteiger partial charge in [-0.15, -0.1) is 21.5 Å². The standard InChI is InChI=1S/C13H21N5S/c1-5-6-18-9-14-16-13(18)8-17(4)7-12-10(2)15-11(3)19-12/h9H,5-8H2,1-4H3. The van der Waals surface area contributed by atoms with Gasteiger partial charge < -0.3 is 4.57 Å². The summed E-state index contributed by atoms with van der Waals surface area (Å²) in [5, 5.41) is 9.34. The SMILES string of the molecule is CCCn1cnnc1CN(C)Cc1sc(C)nc1C. The highest BCUT2D eigenvalue weighted by Gasteiger charge is 2.11. The van der Waals surface area contributed by atoms with E-state index in [1.54, 1.807) is 11.3 Å². The second-order valence-electron chi connectivity index (χ2n) is 4.85. The molecule has 0 fully saturated rings. The number of hydrogen-bond donors (Lipinski definition) is 0. The Bertz CT molecular complexity index is 531. The first kappa shape index (κ1) is 14.1. The molecule has 0 saturated heterocycles. The van der Waals surface area contributed by atoms with Crippen molar-refractivity contribution in [2.45, 2.75) is 46.8 Å². The number of nitrogens with zero attached hydrogens (tertiary/aromatic N) is 5. The highest BCUT2D eigenvalue weighted by atomic mass is 32.1. The van der Waals surface area contributed by atoms with E-state index >= 15 is 0 Å². The maximum atomic E-state index is 4.47. The monoisotopic (exact) mass is 279 g/mol. The molecule has 0 aliphatic carbocycles. The van der Waals surface area contributed by atoms with E-state index in [2.05, 4.69) is 52.5 Å². The van der Waals surface area contributed by atoms with Gasteiger partial charge in [-0.2, -0.15) is 0 Å². The van der Waals surface area contributed by atoms with Crippen LogP contribution in [0, 0.1) is 13.8 Å². The molecule has 0 aromatic carbocycles. The number of rotatable bonds is 6. The van der Waals surface area contributed by atoms with E-state index in [0.717, 1.165) is 42.6 Å². The van der Waals surface area contributed by atoms with Crippen molar-refractivity contribution < 1.29 is 0 Å². The molecule has 5 nitrogen and oxygen atoms in total. The molecular formula is C13H21N5S. The maximum Gasteiger partial charge on any atom is 0.147 e. The van der Waals surface area contributed by atoms with E-state index in [1.807, 2.05) is 6.33 Å². The molecule has 0 radical (unpaired) electrons. The molecule has 0 atom stereocenters. The van der Waals surface area contributed by atoms with Gasteiger partial charge in [0, 0.05) is 18.0 Å². The molecule has 2 aromatic rings. The lowest BCUT2D eigenvalue weighted by Gasteiger charge is -2.15. The number of aromatic nitrogens is 4. The zero-order chi connectivity index (χ0) is 13.8. The van der Waals surface area contributed by atoms with Crippen molar-refractivity contribution in [3.63, 3.8) is 0 Å². The van der Waals surface area contributed by atoms with Crippen molar-refractivity contribution in [3.05, 3.63) is 27.7 Å². The topological polar surface area (TPSA) is 46.8 Å². The fourth-order valence-electron chi connectivity index (χ4n) is 2.09. The smallest absolute Gasteiger partial charge is 0.147 e. The minimum absolute atomic E-state index is 0.816.